The van der Waals surface area contributed by atoms with Gasteiger partial charge < -0.3 is 10.1 Å². The fourth-order valence-electron chi connectivity index (χ4n) is 5.68. The molecule has 0 aliphatic heterocycles. The van der Waals surface area contributed by atoms with E-state index in [9.17, 15) is 0 Å². The van der Waals surface area contributed by atoms with Gasteiger partial charge in [-0.1, -0.05) is 90.4 Å². The van der Waals surface area contributed by atoms with E-state index in [1.807, 2.05) is 23.5 Å². The molecule has 0 spiro atoms. The summed E-state index contributed by atoms with van der Waals surface area (Å²) >= 11 is 1.88. The molecule has 0 unspecified atom stereocenters. The van der Waals surface area contributed by atoms with Crippen LogP contribution in [0.25, 0.3) is 21.6 Å². The van der Waals surface area contributed by atoms with E-state index in [4.69, 9.17) is 14.7 Å². The van der Waals surface area contributed by atoms with Crippen LogP contribution in [0.15, 0.2) is 24.3 Å². The highest BCUT2D eigenvalue weighted by Gasteiger charge is 2.21. The number of nitrogens with zero attached hydrogens (tertiary/aromatic N) is 2. The molecule has 4 nitrogen and oxygen atoms in total. The van der Waals surface area contributed by atoms with Crippen molar-refractivity contribution >= 4 is 27.4 Å². The second-order valence-corrected chi connectivity index (χ2v) is 12.1. The van der Waals surface area contributed by atoms with Crippen molar-refractivity contribution in [1.29, 1.82) is 0 Å². The predicted octanol–water partition coefficient (Wildman–Crippen LogP) is 10.1. The fraction of sp³-hybridized carbons (Fsp3) is 0.636. The van der Waals surface area contributed by atoms with Crippen LogP contribution in [0, 0.1) is 0 Å². The highest BCUT2D eigenvalue weighted by atomic mass is 32.1. The van der Waals surface area contributed by atoms with Gasteiger partial charge in [0.25, 0.3) is 0 Å². The highest BCUT2D eigenvalue weighted by molar-refractivity contribution is 7.19. The summed E-state index contributed by atoms with van der Waals surface area (Å²) in [6.45, 7) is 3.28. The van der Waals surface area contributed by atoms with Crippen LogP contribution < -0.4 is 10.1 Å². The van der Waals surface area contributed by atoms with Crippen LogP contribution in [0.5, 0.6) is 5.75 Å². The van der Waals surface area contributed by atoms with Gasteiger partial charge in [-0.25, -0.2) is 9.97 Å². The minimum atomic E-state index is 0.808. The molecule has 0 bridgehead atoms. The number of unbranched alkanes of at least 4 members (excludes halogenated alkanes) is 13. The van der Waals surface area contributed by atoms with E-state index in [0.29, 0.717) is 0 Å². The zero-order valence-electron chi connectivity index (χ0n) is 24.0. The minimum absolute atomic E-state index is 0.808. The molecule has 4 rings (SSSR count). The first-order valence-corrected chi connectivity index (χ1v) is 16.3. The lowest BCUT2D eigenvalue weighted by Gasteiger charge is -2.13. The molecule has 1 aliphatic rings. The van der Waals surface area contributed by atoms with E-state index in [1.54, 1.807) is 7.11 Å². The van der Waals surface area contributed by atoms with Crippen molar-refractivity contribution < 1.29 is 4.74 Å². The van der Waals surface area contributed by atoms with E-state index in [0.717, 1.165) is 40.8 Å². The van der Waals surface area contributed by atoms with Gasteiger partial charge in [-0.2, -0.15) is 0 Å². The number of hydrogen-bond donors (Lipinski definition) is 1. The lowest BCUT2D eigenvalue weighted by atomic mass is 9.97. The Morgan fingerprint density at radius 2 is 1.37 bits per heavy atom. The average molecular weight is 536 g/mol. The smallest absolute Gasteiger partial charge is 0.163 e. The molecule has 0 fully saturated rings. The Balaban J connectivity index is 1.23. The predicted molar refractivity (Wildman–Crippen MR) is 165 cm³/mol. The number of hydrogen-bond acceptors (Lipinski definition) is 5. The molecule has 1 N–H and O–H groups in total. The molecular weight excluding hydrogens is 486 g/mol. The third-order valence-corrected chi connectivity index (χ3v) is 9.17. The lowest BCUT2D eigenvalue weighted by Crippen LogP contribution is -2.07. The summed E-state index contributed by atoms with van der Waals surface area (Å²) in [4.78, 5) is 12.7. The van der Waals surface area contributed by atoms with E-state index in [1.165, 1.54) is 125 Å². The summed E-state index contributed by atoms with van der Waals surface area (Å²) in [6, 6.07) is 8.10. The second kappa shape index (κ2) is 16.1. The summed E-state index contributed by atoms with van der Waals surface area (Å²) in [6.07, 6.45) is 24.4. The number of benzene rings is 1. The molecule has 0 amide bonds. The van der Waals surface area contributed by atoms with Crippen LogP contribution in [0.3, 0.4) is 0 Å². The molecule has 0 radical (unpaired) electrons. The minimum Gasteiger partial charge on any atom is -0.497 e. The SMILES string of the molecule is CCCCCCCCCCCCCCCCNc1nc(-c2ccc(OC)cc2)nc2sc3c(c12)CCCC3. The highest BCUT2D eigenvalue weighted by Crippen LogP contribution is 2.39. The third-order valence-electron chi connectivity index (χ3n) is 7.99. The van der Waals surface area contributed by atoms with Gasteiger partial charge in [0, 0.05) is 17.0 Å². The zero-order chi connectivity index (χ0) is 26.4. The molecule has 3 aromatic rings. The number of rotatable bonds is 18. The summed E-state index contributed by atoms with van der Waals surface area (Å²) in [7, 11) is 1.70. The largest absolute Gasteiger partial charge is 0.497 e. The molecule has 1 aromatic carbocycles. The van der Waals surface area contributed by atoms with Crippen LogP contribution >= 0.6 is 11.3 Å². The number of methoxy groups -OCH3 is 1. The first-order valence-electron chi connectivity index (χ1n) is 15.5. The van der Waals surface area contributed by atoms with Crippen LogP contribution in [0.4, 0.5) is 5.82 Å². The Labute approximate surface area is 235 Å². The third kappa shape index (κ3) is 8.43. The average Bonchev–Trinajstić information content (AvgIpc) is 3.34. The number of fused-ring (bicyclic) bond motifs is 3. The van der Waals surface area contributed by atoms with Gasteiger partial charge in [-0.05, 0) is 61.9 Å². The summed E-state index contributed by atoms with van der Waals surface area (Å²) in [5.41, 5.74) is 2.54. The van der Waals surface area contributed by atoms with Crippen molar-refractivity contribution in [2.45, 2.75) is 122 Å². The molecule has 5 heteroatoms. The molecule has 208 valence electrons. The maximum Gasteiger partial charge on any atom is 0.163 e. The van der Waals surface area contributed by atoms with Crippen LogP contribution in [-0.2, 0) is 12.8 Å². The topological polar surface area (TPSA) is 47.0 Å². The maximum absolute atomic E-state index is 5.34. The summed E-state index contributed by atoms with van der Waals surface area (Å²) in [5, 5.41) is 5.02. The monoisotopic (exact) mass is 535 g/mol. The standard InChI is InChI=1S/C33H49N3OS/c1-3-4-5-6-7-8-9-10-11-12-13-14-15-18-25-34-32-30-28-19-16-17-20-29(28)38-33(30)36-31(35-32)26-21-23-27(37-2)24-22-26/h21-24H,3-20,25H2,1-2H3,(H,34,35,36). The Morgan fingerprint density at radius 3 is 2.00 bits per heavy atom. The molecule has 0 saturated carbocycles. The van der Waals surface area contributed by atoms with E-state index in [-0.39, 0.29) is 0 Å². The van der Waals surface area contributed by atoms with Crippen LogP contribution in [-0.4, -0.2) is 23.6 Å². The van der Waals surface area contributed by atoms with Gasteiger partial charge in [0.1, 0.15) is 16.4 Å². The fourth-order valence-corrected chi connectivity index (χ4v) is 6.94. The number of nitrogens with one attached hydrogen (secondary N) is 1. The first kappa shape index (κ1) is 28.9. The normalized spacial score (nSPS) is 13.1. The van der Waals surface area contributed by atoms with Crippen molar-refractivity contribution in [2.24, 2.45) is 0 Å². The Bertz CT molecular complexity index is 1090. The number of aryl methyl sites for hydroxylation is 2. The van der Waals surface area contributed by atoms with Gasteiger partial charge in [0.05, 0.1) is 12.5 Å². The number of thiophene rings is 1. The lowest BCUT2D eigenvalue weighted by molar-refractivity contribution is 0.415. The van der Waals surface area contributed by atoms with Gasteiger partial charge in [-0.15, -0.1) is 11.3 Å². The van der Waals surface area contributed by atoms with Crippen LogP contribution in [0.1, 0.15) is 120 Å². The molecular formula is C33H49N3OS. The van der Waals surface area contributed by atoms with E-state index < -0.39 is 0 Å². The molecule has 2 heterocycles. The molecule has 1 aliphatic carbocycles. The first-order chi connectivity index (χ1) is 18.8. The Morgan fingerprint density at radius 1 is 0.763 bits per heavy atom. The number of ether oxygens (including phenoxy) is 1. The molecule has 38 heavy (non-hydrogen) atoms. The Hall–Kier alpha value is -2.14. The Kier molecular flexibility index (Phi) is 12.2. The van der Waals surface area contributed by atoms with E-state index >= 15 is 0 Å². The zero-order valence-corrected chi connectivity index (χ0v) is 24.8. The maximum atomic E-state index is 5.34. The van der Waals surface area contributed by atoms with Crippen LogP contribution in [0.2, 0.25) is 0 Å². The quantitative estimate of drug-likeness (QED) is 0.165. The summed E-state index contributed by atoms with van der Waals surface area (Å²) in [5.74, 6) is 2.70. The van der Waals surface area contributed by atoms with Crippen molar-refractivity contribution in [2.75, 3.05) is 19.0 Å². The summed E-state index contributed by atoms with van der Waals surface area (Å²) < 4.78 is 5.34. The molecule has 0 atom stereocenters. The second-order valence-electron chi connectivity index (χ2n) is 11.0. The van der Waals surface area contributed by atoms with E-state index in [2.05, 4.69) is 24.4 Å². The van der Waals surface area contributed by atoms with Crippen molar-refractivity contribution in [3.05, 3.63) is 34.7 Å². The number of anilines is 1. The number of aromatic nitrogens is 2. The van der Waals surface area contributed by atoms with Gasteiger partial charge in [0.15, 0.2) is 5.82 Å². The van der Waals surface area contributed by atoms with Gasteiger partial charge in [-0.3, -0.25) is 0 Å². The van der Waals surface area contributed by atoms with Crippen molar-refractivity contribution in [3.63, 3.8) is 0 Å². The molecule has 2 aromatic heterocycles. The van der Waals surface area contributed by atoms with Crippen molar-refractivity contribution in [3.8, 4) is 17.1 Å². The molecule has 0 saturated heterocycles. The van der Waals surface area contributed by atoms with Gasteiger partial charge in [0.2, 0.25) is 0 Å². The van der Waals surface area contributed by atoms with Crippen molar-refractivity contribution in [1.82, 2.24) is 9.97 Å². The van der Waals surface area contributed by atoms with Gasteiger partial charge >= 0.3 is 0 Å².